The van der Waals surface area contributed by atoms with Gasteiger partial charge in [-0.1, -0.05) is 90.5 Å². The van der Waals surface area contributed by atoms with E-state index in [2.05, 4.69) is 4.98 Å². The van der Waals surface area contributed by atoms with Gasteiger partial charge in [0.15, 0.2) is 12.7 Å². The van der Waals surface area contributed by atoms with E-state index in [1.807, 2.05) is 34.9 Å². The van der Waals surface area contributed by atoms with Gasteiger partial charge in [0.1, 0.15) is 6.15 Å². The largest absolute Gasteiger partial charge is 0.416 e. The molecule has 388 valence electrons. The number of alkyl halides is 24. The van der Waals surface area contributed by atoms with Gasteiger partial charge in [0.25, 0.3) is 0 Å². The monoisotopic (exact) mass is 1100 g/mol. The molecule has 5 aromatic carbocycles. The number of nitrogens with zero attached hydrogens (tertiary/aromatic N) is 2. The van der Waals surface area contributed by atoms with Crippen LogP contribution in [0.2, 0.25) is 10.3 Å². The Kier molecular flexibility index (Phi) is 15.5. The maximum atomic E-state index is 14.2. The molecule has 0 N–H and O–H groups in total. The van der Waals surface area contributed by atoms with Crippen LogP contribution < -0.4 is 26.4 Å². The van der Waals surface area contributed by atoms with Gasteiger partial charge < -0.3 is 0 Å². The minimum absolute atomic E-state index is 0.329. The number of halogens is 26. The number of rotatable bonds is 6. The standard InChI is InChI=1S/C32H12BF24.C11H9Cl2N2/c34-25(35,36)13-1-14(26(37,38)39)6-21(5-13)33(22-7-15(27(40,41)42)2-16(8-22)28(43,44)45,23-9-17(29(46,47)48)3-18(10-23)30(49,50)51)24-11-19(31(52,53)54)4-20(12-24)32(55,56)57;12-10-11(13)15(7-6-14-10)8-9-4-2-1-3-5-9/h1-12H;1-7H,8H2/q-1;+1. The summed E-state index contributed by atoms with van der Waals surface area (Å²) < 4.78 is 343. The Morgan fingerprint density at radius 1 is 0.361 bits per heavy atom. The average Bonchev–Trinajstić information content (AvgIpc) is 3.23. The topological polar surface area (TPSA) is 16.8 Å². The van der Waals surface area contributed by atoms with Crippen LogP contribution in [0.3, 0.4) is 0 Å². The van der Waals surface area contributed by atoms with Gasteiger partial charge in [-0.3, -0.25) is 0 Å². The summed E-state index contributed by atoms with van der Waals surface area (Å²) >= 11 is 11.8. The first-order chi connectivity index (χ1) is 32.5. The molecule has 0 radical (unpaired) electrons. The minimum Gasteiger partial charge on any atom is -0.231 e. The number of hydrogen-bond donors (Lipinski definition) is 0. The lowest BCUT2D eigenvalue weighted by Gasteiger charge is -2.46. The average molecular weight is 1100 g/mol. The van der Waals surface area contributed by atoms with E-state index < -0.39 is 195 Å². The molecular weight excluding hydrogens is 1080 g/mol. The first kappa shape index (κ1) is 57.1. The van der Waals surface area contributed by atoms with Gasteiger partial charge >= 0.3 is 54.6 Å². The van der Waals surface area contributed by atoms with E-state index in [9.17, 15) is 105 Å². The number of benzene rings is 5. The number of aromatic nitrogens is 2. The zero-order valence-electron chi connectivity index (χ0n) is 34.5. The molecule has 0 atom stereocenters. The van der Waals surface area contributed by atoms with Crippen molar-refractivity contribution >= 4 is 51.2 Å². The minimum atomic E-state index is -6.13. The number of hydrogen-bond acceptors (Lipinski definition) is 1. The van der Waals surface area contributed by atoms with E-state index in [1.165, 1.54) is 5.56 Å². The molecule has 0 unspecified atom stereocenters. The third-order valence-electron chi connectivity index (χ3n) is 10.5. The fourth-order valence-corrected chi connectivity index (χ4v) is 7.72. The summed E-state index contributed by atoms with van der Waals surface area (Å²) in [5, 5.41) is 0.790. The molecule has 0 aliphatic rings. The summed E-state index contributed by atoms with van der Waals surface area (Å²) in [6.07, 6.45) is -51.4. The molecule has 0 bridgehead atoms. The van der Waals surface area contributed by atoms with Gasteiger partial charge in [0, 0.05) is 5.56 Å². The molecule has 29 heteroatoms. The summed E-state index contributed by atoms with van der Waals surface area (Å²) in [5.41, 5.74) is -29.0. The van der Waals surface area contributed by atoms with Crippen LogP contribution in [0.5, 0.6) is 0 Å². The summed E-state index contributed by atoms with van der Waals surface area (Å²) in [7, 11) is 0. The van der Waals surface area contributed by atoms with Gasteiger partial charge in [0.2, 0.25) is 5.15 Å². The highest BCUT2D eigenvalue weighted by atomic mass is 35.5. The molecule has 6 aromatic rings. The van der Waals surface area contributed by atoms with Crippen LogP contribution in [0, 0.1) is 0 Å². The smallest absolute Gasteiger partial charge is 0.231 e. The second kappa shape index (κ2) is 19.5. The third kappa shape index (κ3) is 13.0. The maximum Gasteiger partial charge on any atom is 0.416 e. The summed E-state index contributed by atoms with van der Waals surface area (Å²) in [6.45, 7) is 0.696. The molecule has 0 spiro atoms. The van der Waals surface area contributed by atoms with Gasteiger partial charge in [-0.05, 0) is 35.9 Å². The maximum absolute atomic E-state index is 14.2. The summed E-state index contributed by atoms with van der Waals surface area (Å²) in [5.74, 6) is 0. The van der Waals surface area contributed by atoms with E-state index >= 15 is 0 Å². The molecule has 0 fully saturated rings. The van der Waals surface area contributed by atoms with Gasteiger partial charge in [-0.25, -0.2) is 4.98 Å². The quantitative estimate of drug-likeness (QED) is 0.0923. The third-order valence-corrected chi connectivity index (χ3v) is 11.3. The zero-order chi connectivity index (χ0) is 54.6. The van der Waals surface area contributed by atoms with Crippen molar-refractivity contribution in [3.8, 4) is 0 Å². The lowest BCUT2D eigenvalue weighted by Crippen LogP contribution is -2.75. The molecular formula is C43H21BCl2F24N2. The van der Waals surface area contributed by atoms with Crippen molar-refractivity contribution in [3.63, 3.8) is 0 Å². The van der Waals surface area contributed by atoms with Crippen LogP contribution in [0.1, 0.15) is 50.1 Å². The first-order valence-corrected chi connectivity index (χ1v) is 19.9. The second-order valence-electron chi connectivity index (χ2n) is 15.3. The molecule has 0 aliphatic heterocycles. The highest BCUT2D eigenvalue weighted by Gasteiger charge is 2.47. The summed E-state index contributed by atoms with van der Waals surface area (Å²) in [4.78, 5) is 3.89. The zero-order valence-corrected chi connectivity index (χ0v) is 36.0. The summed E-state index contributed by atoms with van der Waals surface area (Å²) in [6, 6.07) is 1.24. The van der Waals surface area contributed by atoms with Crippen LogP contribution in [0.4, 0.5) is 105 Å². The molecule has 6 rings (SSSR count). The fourth-order valence-electron chi connectivity index (χ4n) is 7.39. The molecule has 0 saturated heterocycles. The molecule has 0 amide bonds. The Morgan fingerprint density at radius 3 is 0.819 bits per heavy atom. The van der Waals surface area contributed by atoms with E-state index in [-0.39, 0.29) is 0 Å². The van der Waals surface area contributed by atoms with Gasteiger partial charge in [-0.15, -0.1) is 0 Å². The first-order valence-electron chi connectivity index (χ1n) is 19.1. The molecule has 2 nitrogen and oxygen atoms in total. The predicted molar refractivity (Wildman–Crippen MR) is 210 cm³/mol. The molecule has 72 heavy (non-hydrogen) atoms. The van der Waals surface area contributed by atoms with Crippen molar-refractivity contribution in [2.24, 2.45) is 0 Å². The van der Waals surface area contributed by atoms with Gasteiger partial charge in [0.05, 0.1) is 50.7 Å². The van der Waals surface area contributed by atoms with Crippen LogP contribution in [0.15, 0.2) is 116 Å². The second-order valence-corrected chi connectivity index (χ2v) is 16.1. The van der Waals surface area contributed by atoms with Crippen molar-refractivity contribution in [2.75, 3.05) is 0 Å². The molecule has 1 heterocycles. The Bertz CT molecular complexity index is 2480. The van der Waals surface area contributed by atoms with Crippen LogP contribution >= 0.6 is 23.2 Å². The fraction of sp³-hybridized carbons (Fsp3) is 0.209. The molecule has 0 saturated carbocycles. The van der Waals surface area contributed by atoms with Crippen LogP contribution in [-0.2, 0) is 56.0 Å². The Morgan fingerprint density at radius 2 is 0.597 bits per heavy atom. The highest BCUT2D eigenvalue weighted by Crippen LogP contribution is 2.41. The van der Waals surface area contributed by atoms with Crippen molar-refractivity contribution in [2.45, 2.75) is 56.0 Å². The Balaban J connectivity index is 0.000000542. The highest BCUT2D eigenvalue weighted by molar-refractivity contribution is 7.20. The van der Waals surface area contributed by atoms with E-state index in [0.29, 0.717) is 16.9 Å². The van der Waals surface area contributed by atoms with Crippen LogP contribution in [-0.4, -0.2) is 11.1 Å². The van der Waals surface area contributed by atoms with Crippen molar-refractivity contribution in [1.29, 1.82) is 0 Å². The SMILES string of the molecule is Clc1ncc[n+](Cc2ccccc2)c1Cl.FC(F)(F)c1cc([B-](c2cc(C(F)(F)F)cc(C(F)(F)F)c2)(c2cc(C(F)(F)F)cc(C(F)(F)F)c2)c2cc(C(F)(F)F)cc(C(F)(F)F)c2)cc(C(F)(F)F)c1. The lowest BCUT2D eigenvalue weighted by atomic mass is 9.12. The molecule has 1 aromatic heterocycles. The lowest BCUT2D eigenvalue weighted by molar-refractivity contribution is -0.686. The Labute approximate surface area is 397 Å². The van der Waals surface area contributed by atoms with Gasteiger partial charge in [-0.2, -0.15) is 132 Å². The molecule has 0 aliphatic carbocycles. The van der Waals surface area contributed by atoms with E-state index in [4.69, 9.17) is 23.2 Å². The normalized spacial score (nSPS) is 13.5. The van der Waals surface area contributed by atoms with E-state index in [0.717, 1.165) is 0 Å². The van der Waals surface area contributed by atoms with Crippen molar-refractivity contribution < 1.29 is 110 Å². The van der Waals surface area contributed by atoms with Crippen molar-refractivity contribution in [3.05, 3.63) is 176 Å². The van der Waals surface area contributed by atoms with Crippen molar-refractivity contribution in [1.82, 2.24) is 4.98 Å². The Hall–Kier alpha value is -5.86. The van der Waals surface area contributed by atoms with E-state index in [1.54, 1.807) is 12.4 Å². The van der Waals surface area contributed by atoms with Crippen LogP contribution in [0.25, 0.3) is 0 Å². The predicted octanol–water partition coefficient (Wildman–Crippen LogP) is 13.9.